The number of aliphatic carboxylic acids is 1. The van der Waals surface area contributed by atoms with E-state index in [2.05, 4.69) is 10.1 Å². The van der Waals surface area contributed by atoms with Crippen molar-refractivity contribution < 1.29 is 9.90 Å². The molecule has 5 heteroatoms. The second-order valence-electron chi connectivity index (χ2n) is 4.17. The molecule has 0 fully saturated rings. The zero-order chi connectivity index (χ0) is 13.1. The van der Waals surface area contributed by atoms with Gasteiger partial charge in [-0.15, -0.1) is 0 Å². The minimum atomic E-state index is -0.810. The van der Waals surface area contributed by atoms with Crippen LogP contribution in [-0.4, -0.2) is 25.8 Å². The van der Waals surface area contributed by atoms with E-state index in [0.717, 1.165) is 22.5 Å². The molecule has 18 heavy (non-hydrogen) atoms. The Bertz CT molecular complexity index is 561. The molecule has 1 N–H and O–H groups in total. The maximum Gasteiger partial charge on any atom is 0.303 e. The first kappa shape index (κ1) is 12.3. The van der Waals surface area contributed by atoms with Crippen LogP contribution in [0.1, 0.15) is 17.8 Å². The molecule has 0 radical (unpaired) electrons. The van der Waals surface area contributed by atoms with Crippen LogP contribution in [0.4, 0.5) is 0 Å². The maximum absolute atomic E-state index is 10.7. The highest BCUT2D eigenvalue weighted by molar-refractivity contribution is 5.70. The lowest BCUT2D eigenvalue weighted by atomic mass is 10.0. The summed E-state index contributed by atoms with van der Waals surface area (Å²) in [5, 5.41) is 13.1. The van der Waals surface area contributed by atoms with Crippen molar-refractivity contribution in [3.8, 4) is 11.1 Å². The van der Waals surface area contributed by atoms with Crippen molar-refractivity contribution in [1.82, 2.24) is 14.8 Å². The first-order valence-corrected chi connectivity index (χ1v) is 5.74. The highest BCUT2D eigenvalue weighted by atomic mass is 16.4. The highest BCUT2D eigenvalue weighted by Gasteiger charge is 2.15. The van der Waals surface area contributed by atoms with Gasteiger partial charge >= 0.3 is 5.97 Å². The molecular weight excluding hydrogens is 230 g/mol. The summed E-state index contributed by atoms with van der Waals surface area (Å²) in [5.41, 5.74) is 3.80. The third kappa shape index (κ3) is 2.40. The molecule has 0 saturated heterocycles. The number of carbonyl (C=O) groups is 1. The minimum absolute atomic E-state index is 0.0870. The van der Waals surface area contributed by atoms with E-state index in [0.29, 0.717) is 6.42 Å². The fraction of sp³-hybridized carbons (Fsp3) is 0.308. The van der Waals surface area contributed by atoms with Gasteiger partial charge in [-0.05, 0) is 13.0 Å². The number of hydrogen-bond donors (Lipinski definition) is 1. The van der Waals surface area contributed by atoms with Crippen molar-refractivity contribution >= 4 is 5.97 Å². The molecule has 0 amide bonds. The van der Waals surface area contributed by atoms with E-state index in [9.17, 15) is 4.79 Å². The molecule has 2 aromatic rings. The second kappa shape index (κ2) is 5.00. The molecular formula is C13H15N3O2. The summed E-state index contributed by atoms with van der Waals surface area (Å²) in [5.74, 6) is -0.810. The number of aromatic nitrogens is 3. The molecule has 0 aliphatic rings. The summed E-state index contributed by atoms with van der Waals surface area (Å²) in [6.07, 6.45) is 4.01. The molecule has 0 bridgehead atoms. The van der Waals surface area contributed by atoms with Gasteiger partial charge < -0.3 is 5.11 Å². The van der Waals surface area contributed by atoms with Crippen LogP contribution in [-0.2, 0) is 18.3 Å². The van der Waals surface area contributed by atoms with Gasteiger partial charge in [0.15, 0.2) is 0 Å². The van der Waals surface area contributed by atoms with Crippen molar-refractivity contribution in [2.45, 2.75) is 19.8 Å². The van der Waals surface area contributed by atoms with Gasteiger partial charge in [-0.25, -0.2) is 0 Å². The molecule has 0 saturated carbocycles. The third-order valence-electron chi connectivity index (χ3n) is 2.93. The summed E-state index contributed by atoms with van der Waals surface area (Å²) in [4.78, 5) is 14.8. The first-order valence-electron chi connectivity index (χ1n) is 5.74. The number of hydrogen-bond acceptors (Lipinski definition) is 3. The third-order valence-corrected chi connectivity index (χ3v) is 2.93. The van der Waals surface area contributed by atoms with Gasteiger partial charge in [0.1, 0.15) is 0 Å². The van der Waals surface area contributed by atoms with Crippen LogP contribution in [0.2, 0.25) is 0 Å². The minimum Gasteiger partial charge on any atom is -0.481 e. The fourth-order valence-corrected chi connectivity index (χ4v) is 1.96. The molecule has 2 heterocycles. The SMILES string of the molecule is Cc1c(-c2cccnc2)c(CCC(=O)O)nn1C. The first-order chi connectivity index (χ1) is 8.59. The van der Waals surface area contributed by atoms with Crippen molar-refractivity contribution in [2.24, 2.45) is 7.05 Å². The van der Waals surface area contributed by atoms with E-state index in [1.807, 2.05) is 26.1 Å². The Morgan fingerprint density at radius 1 is 1.50 bits per heavy atom. The summed E-state index contributed by atoms with van der Waals surface area (Å²) < 4.78 is 1.78. The predicted molar refractivity (Wildman–Crippen MR) is 67.1 cm³/mol. The smallest absolute Gasteiger partial charge is 0.303 e. The normalized spacial score (nSPS) is 10.6. The Labute approximate surface area is 105 Å². The van der Waals surface area contributed by atoms with E-state index < -0.39 is 5.97 Å². The predicted octanol–water partition coefficient (Wildman–Crippen LogP) is 1.81. The van der Waals surface area contributed by atoms with Gasteiger partial charge in [0.2, 0.25) is 0 Å². The lowest BCUT2D eigenvalue weighted by Crippen LogP contribution is -1.99. The van der Waals surface area contributed by atoms with Gasteiger partial charge in [0.25, 0.3) is 0 Å². The lowest BCUT2D eigenvalue weighted by Gasteiger charge is -2.02. The average Bonchev–Trinajstić information content (AvgIpc) is 2.64. The summed E-state index contributed by atoms with van der Waals surface area (Å²) in [6, 6.07) is 3.82. The molecule has 0 aliphatic carbocycles. The molecule has 0 atom stereocenters. The Kier molecular flexibility index (Phi) is 3.41. The largest absolute Gasteiger partial charge is 0.481 e. The Morgan fingerprint density at radius 3 is 2.89 bits per heavy atom. The second-order valence-corrected chi connectivity index (χ2v) is 4.17. The van der Waals surface area contributed by atoms with Crippen LogP contribution >= 0.6 is 0 Å². The van der Waals surface area contributed by atoms with Gasteiger partial charge in [0, 0.05) is 42.7 Å². The van der Waals surface area contributed by atoms with Gasteiger partial charge in [-0.1, -0.05) is 6.07 Å². The number of rotatable bonds is 4. The van der Waals surface area contributed by atoms with Crippen molar-refractivity contribution in [3.05, 3.63) is 35.9 Å². The Balaban J connectivity index is 2.42. The highest BCUT2D eigenvalue weighted by Crippen LogP contribution is 2.26. The monoisotopic (exact) mass is 245 g/mol. The molecule has 2 rings (SSSR count). The molecule has 0 unspecified atom stereocenters. The fourth-order valence-electron chi connectivity index (χ4n) is 1.96. The Morgan fingerprint density at radius 2 is 2.28 bits per heavy atom. The molecule has 0 spiro atoms. The average molecular weight is 245 g/mol. The zero-order valence-electron chi connectivity index (χ0n) is 10.4. The zero-order valence-corrected chi connectivity index (χ0v) is 10.4. The Hall–Kier alpha value is -2.17. The van der Waals surface area contributed by atoms with Gasteiger partial charge in [0.05, 0.1) is 12.1 Å². The van der Waals surface area contributed by atoms with Crippen LogP contribution in [0.5, 0.6) is 0 Å². The summed E-state index contributed by atoms with van der Waals surface area (Å²) >= 11 is 0. The van der Waals surface area contributed by atoms with Crippen LogP contribution in [0, 0.1) is 6.92 Å². The topological polar surface area (TPSA) is 68.0 Å². The van der Waals surface area contributed by atoms with E-state index >= 15 is 0 Å². The summed E-state index contributed by atoms with van der Waals surface area (Å²) in [6.45, 7) is 1.97. The van der Waals surface area contributed by atoms with E-state index in [1.54, 1.807) is 17.1 Å². The number of pyridine rings is 1. The lowest BCUT2D eigenvalue weighted by molar-refractivity contribution is -0.136. The molecule has 94 valence electrons. The van der Waals surface area contributed by atoms with Crippen molar-refractivity contribution in [2.75, 3.05) is 0 Å². The quantitative estimate of drug-likeness (QED) is 0.892. The summed E-state index contributed by atoms with van der Waals surface area (Å²) in [7, 11) is 1.86. The number of carboxylic acid groups (broad SMARTS) is 1. The standard InChI is InChI=1S/C13H15N3O2/c1-9-13(10-4-3-7-14-8-10)11(15-16(9)2)5-6-12(17)18/h3-4,7-8H,5-6H2,1-2H3,(H,17,18). The number of aryl methyl sites for hydroxylation is 2. The van der Waals surface area contributed by atoms with E-state index in [-0.39, 0.29) is 6.42 Å². The molecule has 0 aliphatic heterocycles. The van der Waals surface area contributed by atoms with E-state index in [1.165, 1.54) is 0 Å². The van der Waals surface area contributed by atoms with Crippen LogP contribution < -0.4 is 0 Å². The van der Waals surface area contributed by atoms with Crippen molar-refractivity contribution in [3.63, 3.8) is 0 Å². The number of nitrogens with zero attached hydrogens (tertiary/aromatic N) is 3. The van der Waals surface area contributed by atoms with E-state index in [4.69, 9.17) is 5.11 Å². The maximum atomic E-state index is 10.7. The molecule has 5 nitrogen and oxygen atoms in total. The van der Waals surface area contributed by atoms with Crippen LogP contribution in [0.3, 0.4) is 0 Å². The van der Waals surface area contributed by atoms with Gasteiger partial charge in [-0.3, -0.25) is 14.5 Å². The molecule has 0 aromatic carbocycles. The van der Waals surface area contributed by atoms with Crippen LogP contribution in [0.15, 0.2) is 24.5 Å². The van der Waals surface area contributed by atoms with Gasteiger partial charge in [-0.2, -0.15) is 5.10 Å². The van der Waals surface area contributed by atoms with Crippen molar-refractivity contribution in [1.29, 1.82) is 0 Å². The number of carboxylic acids is 1. The molecule has 2 aromatic heterocycles. The van der Waals surface area contributed by atoms with Crippen LogP contribution in [0.25, 0.3) is 11.1 Å².